The summed E-state index contributed by atoms with van der Waals surface area (Å²) in [6.45, 7) is 4.88. The lowest BCUT2D eigenvalue weighted by Gasteiger charge is -2.18. The maximum atomic E-state index is 14.0. The maximum Gasteiger partial charge on any atom is 0.431 e. The first-order chi connectivity index (χ1) is 11.0. The van der Waals surface area contributed by atoms with E-state index in [-0.39, 0.29) is 0 Å². The van der Waals surface area contributed by atoms with Gasteiger partial charge in [-0.1, -0.05) is 26.0 Å². The second-order valence-electron chi connectivity index (χ2n) is 6.33. The van der Waals surface area contributed by atoms with E-state index in [1.165, 1.54) is 13.0 Å². The van der Waals surface area contributed by atoms with Crippen molar-refractivity contribution in [2.24, 2.45) is 17.3 Å². The highest BCUT2D eigenvalue weighted by Crippen LogP contribution is 2.60. The van der Waals surface area contributed by atoms with Gasteiger partial charge in [-0.05, 0) is 30.4 Å². The van der Waals surface area contributed by atoms with Crippen LogP contribution in [0.25, 0.3) is 0 Å². The summed E-state index contributed by atoms with van der Waals surface area (Å²) >= 11 is 0. The number of hydrogen-bond acceptors (Lipinski definition) is 3. The molecule has 1 aliphatic carbocycles. The number of allylic oxidation sites excluding steroid dienone is 2. The van der Waals surface area contributed by atoms with Crippen molar-refractivity contribution in [2.45, 2.75) is 26.9 Å². The van der Waals surface area contributed by atoms with Gasteiger partial charge in [0.2, 0.25) is 0 Å². The van der Waals surface area contributed by atoms with Gasteiger partial charge in [0, 0.05) is 5.57 Å². The summed E-state index contributed by atoms with van der Waals surface area (Å²) in [7, 11) is 0. The Hall–Kier alpha value is -2.36. The molecule has 3 nitrogen and oxygen atoms in total. The third-order valence-corrected chi connectivity index (χ3v) is 4.26. The van der Waals surface area contributed by atoms with Crippen molar-refractivity contribution in [3.8, 4) is 6.07 Å². The molecule has 128 valence electrons. The third-order valence-electron chi connectivity index (χ3n) is 4.26. The van der Waals surface area contributed by atoms with Crippen molar-refractivity contribution in [3.05, 3.63) is 47.0 Å². The molecule has 0 heterocycles. The number of halogens is 4. The largest absolute Gasteiger partial charge is 0.431 e. The van der Waals surface area contributed by atoms with Crippen molar-refractivity contribution in [3.63, 3.8) is 0 Å². The summed E-state index contributed by atoms with van der Waals surface area (Å²) in [5, 5.41) is 8.77. The molecule has 0 aromatic heterocycles. The van der Waals surface area contributed by atoms with Crippen molar-refractivity contribution in [1.82, 2.24) is 0 Å². The summed E-state index contributed by atoms with van der Waals surface area (Å²) in [4.78, 5) is 12.1. The van der Waals surface area contributed by atoms with Gasteiger partial charge in [0.1, 0.15) is 5.56 Å². The Morgan fingerprint density at radius 3 is 2.58 bits per heavy atom. The lowest BCUT2D eigenvalue weighted by molar-refractivity contribution is -0.243. The Labute approximate surface area is 136 Å². The standard InChI is InChI=1S/C17H15F4NO2/c1-9(8-22)7-11-13(16(11,2)3)15(23)24-17(20,21)10-5-4-6-12(18)14(10)19/h4-7,11,13H,1-3H3/b9-7+. The lowest BCUT2D eigenvalue weighted by atomic mass is 10.1. The Morgan fingerprint density at radius 2 is 2.00 bits per heavy atom. The van der Waals surface area contributed by atoms with Gasteiger partial charge in [0.25, 0.3) is 0 Å². The summed E-state index contributed by atoms with van der Waals surface area (Å²) < 4.78 is 58.8. The zero-order chi connectivity index (χ0) is 18.3. The predicted molar refractivity (Wildman–Crippen MR) is 76.5 cm³/mol. The molecule has 7 heteroatoms. The summed E-state index contributed by atoms with van der Waals surface area (Å²) in [5.74, 6) is -5.76. The number of esters is 1. The second kappa shape index (κ2) is 5.93. The quantitative estimate of drug-likeness (QED) is 0.466. The number of ether oxygens (including phenoxy) is 1. The van der Waals surface area contributed by atoms with Gasteiger partial charge in [-0.25, -0.2) is 8.78 Å². The van der Waals surface area contributed by atoms with Gasteiger partial charge >= 0.3 is 12.1 Å². The molecule has 0 spiro atoms. The minimum absolute atomic E-state index is 0.353. The zero-order valence-corrected chi connectivity index (χ0v) is 13.2. The molecule has 2 rings (SSSR count). The van der Waals surface area contributed by atoms with E-state index in [2.05, 4.69) is 4.74 Å². The summed E-state index contributed by atoms with van der Waals surface area (Å²) in [6, 6.07) is 4.13. The molecule has 0 amide bonds. The number of alkyl halides is 2. The van der Waals surface area contributed by atoms with Gasteiger partial charge in [-0.2, -0.15) is 14.0 Å². The SMILES string of the molecule is C/C(C#N)=C\C1C(C(=O)OC(F)(F)c2cccc(F)c2F)C1(C)C. The van der Waals surface area contributed by atoms with Gasteiger partial charge < -0.3 is 4.74 Å². The average molecular weight is 341 g/mol. The first-order valence-corrected chi connectivity index (χ1v) is 7.16. The van der Waals surface area contributed by atoms with Gasteiger partial charge in [0.15, 0.2) is 11.6 Å². The van der Waals surface area contributed by atoms with Crippen LogP contribution in [0.4, 0.5) is 17.6 Å². The third kappa shape index (κ3) is 3.14. The van der Waals surface area contributed by atoms with Crippen LogP contribution in [-0.4, -0.2) is 5.97 Å². The molecule has 0 bridgehead atoms. The molecule has 0 saturated heterocycles. The van der Waals surface area contributed by atoms with E-state index in [0.29, 0.717) is 17.7 Å². The molecule has 0 N–H and O–H groups in total. The molecule has 1 aliphatic rings. The molecule has 1 aromatic rings. The molecule has 1 saturated carbocycles. The van der Waals surface area contributed by atoms with E-state index in [1.54, 1.807) is 13.8 Å². The molecule has 0 aliphatic heterocycles. The molecule has 2 atom stereocenters. The molecular formula is C17H15F4NO2. The zero-order valence-electron chi connectivity index (χ0n) is 13.2. The smallest absolute Gasteiger partial charge is 0.397 e. The van der Waals surface area contributed by atoms with Crippen molar-refractivity contribution in [1.29, 1.82) is 5.26 Å². The maximum absolute atomic E-state index is 14.0. The fourth-order valence-electron chi connectivity index (χ4n) is 2.72. The first-order valence-electron chi connectivity index (χ1n) is 7.16. The van der Waals surface area contributed by atoms with Crippen molar-refractivity contribution < 1.29 is 27.1 Å². The van der Waals surface area contributed by atoms with Gasteiger partial charge in [-0.3, -0.25) is 4.79 Å². The van der Waals surface area contributed by atoms with Crippen LogP contribution in [0.15, 0.2) is 29.8 Å². The Morgan fingerprint density at radius 1 is 1.38 bits per heavy atom. The van der Waals surface area contributed by atoms with E-state index >= 15 is 0 Å². The molecule has 2 unspecified atom stereocenters. The van der Waals surface area contributed by atoms with Crippen molar-refractivity contribution in [2.75, 3.05) is 0 Å². The van der Waals surface area contributed by atoms with Crippen LogP contribution >= 0.6 is 0 Å². The normalized spacial score (nSPS) is 22.7. The average Bonchev–Trinajstić information content (AvgIpc) is 3.01. The van der Waals surface area contributed by atoms with Gasteiger partial charge in [-0.15, -0.1) is 0 Å². The Bertz CT molecular complexity index is 749. The lowest BCUT2D eigenvalue weighted by Crippen LogP contribution is -2.26. The minimum atomic E-state index is -4.29. The minimum Gasteiger partial charge on any atom is -0.397 e. The van der Waals surface area contributed by atoms with E-state index < -0.39 is 46.5 Å². The van der Waals surface area contributed by atoms with E-state index in [0.717, 1.165) is 6.07 Å². The Kier molecular flexibility index (Phi) is 4.44. The fraction of sp³-hybridized carbons (Fsp3) is 0.412. The number of rotatable bonds is 4. The van der Waals surface area contributed by atoms with E-state index in [9.17, 15) is 22.4 Å². The van der Waals surface area contributed by atoms with Crippen LogP contribution in [0, 0.1) is 40.2 Å². The van der Waals surface area contributed by atoms with Crippen LogP contribution < -0.4 is 0 Å². The molecule has 1 fully saturated rings. The fourth-order valence-corrected chi connectivity index (χ4v) is 2.72. The molecule has 1 aromatic carbocycles. The van der Waals surface area contributed by atoms with Crippen LogP contribution in [0.2, 0.25) is 0 Å². The number of nitriles is 1. The second-order valence-corrected chi connectivity index (χ2v) is 6.33. The predicted octanol–water partition coefficient (Wildman–Crippen LogP) is 4.30. The highest BCUT2D eigenvalue weighted by Gasteiger charge is 2.63. The van der Waals surface area contributed by atoms with Crippen LogP contribution in [0.5, 0.6) is 0 Å². The number of carbonyl (C=O) groups excluding carboxylic acids is 1. The van der Waals surface area contributed by atoms with E-state index in [1.807, 2.05) is 6.07 Å². The highest BCUT2D eigenvalue weighted by molar-refractivity contribution is 5.78. The first kappa shape index (κ1) is 18.0. The number of nitrogens with zero attached hydrogens (tertiary/aromatic N) is 1. The monoisotopic (exact) mass is 341 g/mol. The number of carbonyl (C=O) groups is 1. The topological polar surface area (TPSA) is 50.1 Å². The summed E-state index contributed by atoms with van der Waals surface area (Å²) in [6.07, 6.45) is -2.77. The molecule has 0 radical (unpaired) electrons. The number of benzene rings is 1. The molecular weight excluding hydrogens is 326 g/mol. The van der Waals surface area contributed by atoms with Crippen LogP contribution in [0.1, 0.15) is 26.3 Å². The van der Waals surface area contributed by atoms with Crippen molar-refractivity contribution >= 4 is 5.97 Å². The number of hydrogen-bond donors (Lipinski definition) is 0. The van der Waals surface area contributed by atoms with Crippen LogP contribution in [-0.2, 0) is 15.6 Å². The van der Waals surface area contributed by atoms with Gasteiger partial charge in [0.05, 0.1) is 12.0 Å². The van der Waals surface area contributed by atoms with Crippen LogP contribution in [0.3, 0.4) is 0 Å². The molecule has 24 heavy (non-hydrogen) atoms. The van der Waals surface area contributed by atoms with E-state index in [4.69, 9.17) is 5.26 Å². The summed E-state index contributed by atoms with van der Waals surface area (Å²) in [5.41, 5.74) is -1.65. The Balaban J connectivity index is 2.21. The highest BCUT2D eigenvalue weighted by atomic mass is 19.3.